The van der Waals surface area contributed by atoms with Crippen molar-refractivity contribution in [1.29, 1.82) is 0 Å². The lowest BCUT2D eigenvalue weighted by Gasteiger charge is -2.16. The molecular weight excluding hydrogens is 344 g/mol. The number of hydrogen-bond donors (Lipinski definition) is 0. The Bertz CT molecular complexity index is 914. The predicted octanol–water partition coefficient (Wildman–Crippen LogP) is 2.04. The van der Waals surface area contributed by atoms with Gasteiger partial charge in [-0.3, -0.25) is 9.78 Å². The number of amides is 1. The Morgan fingerprint density at radius 2 is 2.19 bits per heavy atom. The molecule has 1 aliphatic heterocycles. The van der Waals surface area contributed by atoms with Gasteiger partial charge in [0.2, 0.25) is 5.91 Å². The van der Waals surface area contributed by atoms with Gasteiger partial charge in [-0.2, -0.15) is 0 Å². The van der Waals surface area contributed by atoms with Crippen molar-refractivity contribution in [2.24, 2.45) is 5.92 Å². The molecule has 1 saturated heterocycles. The zero-order valence-electron chi connectivity index (χ0n) is 15.5. The van der Waals surface area contributed by atoms with E-state index >= 15 is 0 Å². The molecule has 8 nitrogen and oxygen atoms in total. The zero-order chi connectivity index (χ0) is 18.8. The number of rotatable bonds is 5. The average Bonchev–Trinajstić information content (AvgIpc) is 3.38. The zero-order valence-corrected chi connectivity index (χ0v) is 15.5. The van der Waals surface area contributed by atoms with Crippen molar-refractivity contribution in [3.63, 3.8) is 0 Å². The molecule has 0 aliphatic carbocycles. The standard InChI is InChI=1S/C19H22N6O2/c1-13-19(14(2)27-23-13)17-9-21-8-16(22-17)7-15-3-5-25(10-15)18(26)11-24-6-4-20-12-24/h4,6,8-9,12,15H,3,5,7,10-11H2,1-2H3. The van der Waals surface area contributed by atoms with Crippen LogP contribution in [0.2, 0.25) is 0 Å². The van der Waals surface area contributed by atoms with Crippen LogP contribution in [-0.2, 0) is 17.8 Å². The summed E-state index contributed by atoms with van der Waals surface area (Å²) >= 11 is 0. The van der Waals surface area contributed by atoms with E-state index in [0.717, 1.165) is 54.3 Å². The molecule has 0 radical (unpaired) electrons. The van der Waals surface area contributed by atoms with Crippen molar-refractivity contribution in [2.75, 3.05) is 13.1 Å². The van der Waals surface area contributed by atoms with Crippen molar-refractivity contribution in [3.05, 3.63) is 48.3 Å². The van der Waals surface area contributed by atoms with Gasteiger partial charge in [0.05, 0.1) is 35.2 Å². The molecule has 1 unspecified atom stereocenters. The van der Waals surface area contributed by atoms with Gasteiger partial charge >= 0.3 is 0 Å². The van der Waals surface area contributed by atoms with Crippen molar-refractivity contribution < 1.29 is 9.32 Å². The fraction of sp³-hybridized carbons (Fsp3) is 0.421. The Balaban J connectivity index is 1.40. The third kappa shape index (κ3) is 3.74. The van der Waals surface area contributed by atoms with Crippen LogP contribution in [0, 0.1) is 19.8 Å². The minimum absolute atomic E-state index is 0.131. The minimum Gasteiger partial charge on any atom is -0.361 e. The Hall–Kier alpha value is -3.03. The lowest BCUT2D eigenvalue weighted by Crippen LogP contribution is -2.31. The number of carbonyl (C=O) groups is 1. The summed E-state index contributed by atoms with van der Waals surface area (Å²) in [4.78, 5) is 27.4. The van der Waals surface area contributed by atoms with Crippen molar-refractivity contribution in [3.8, 4) is 11.3 Å². The number of hydrogen-bond acceptors (Lipinski definition) is 6. The number of carbonyl (C=O) groups excluding carboxylic acids is 1. The molecule has 140 valence electrons. The molecule has 4 heterocycles. The van der Waals surface area contributed by atoms with E-state index in [4.69, 9.17) is 9.51 Å². The van der Waals surface area contributed by atoms with Crippen LogP contribution in [-0.4, -0.2) is 48.6 Å². The molecule has 0 aromatic carbocycles. The van der Waals surface area contributed by atoms with Gasteiger partial charge < -0.3 is 14.0 Å². The first-order chi connectivity index (χ1) is 13.1. The molecule has 1 atom stereocenters. The SMILES string of the molecule is Cc1noc(C)c1-c1cncc(CC2CCN(C(=O)Cn3ccnc3)C2)n1. The summed E-state index contributed by atoms with van der Waals surface area (Å²) in [5.41, 5.74) is 3.44. The van der Waals surface area contributed by atoms with Crippen LogP contribution in [0.5, 0.6) is 0 Å². The number of nitrogens with zero attached hydrogens (tertiary/aromatic N) is 6. The Kier molecular flexibility index (Phi) is 4.70. The summed E-state index contributed by atoms with van der Waals surface area (Å²) < 4.78 is 7.04. The summed E-state index contributed by atoms with van der Waals surface area (Å²) in [6.45, 7) is 5.67. The highest BCUT2D eigenvalue weighted by atomic mass is 16.5. The van der Waals surface area contributed by atoms with Crippen LogP contribution < -0.4 is 0 Å². The van der Waals surface area contributed by atoms with Crippen molar-refractivity contribution in [2.45, 2.75) is 33.2 Å². The lowest BCUT2D eigenvalue weighted by molar-refractivity contribution is -0.130. The average molecular weight is 366 g/mol. The summed E-state index contributed by atoms with van der Waals surface area (Å²) in [7, 11) is 0. The van der Waals surface area contributed by atoms with Crippen LogP contribution in [0.4, 0.5) is 0 Å². The lowest BCUT2D eigenvalue weighted by atomic mass is 10.0. The molecule has 0 N–H and O–H groups in total. The van der Waals surface area contributed by atoms with Gasteiger partial charge in [0.1, 0.15) is 12.3 Å². The third-order valence-electron chi connectivity index (χ3n) is 4.99. The fourth-order valence-electron chi connectivity index (χ4n) is 3.63. The van der Waals surface area contributed by atoms with Crippen LogP contribution in [0.1, 0.15) is 23.6 Å². The normalized spacial score (nSPS) is 16.8. The Labute approximate surface area is 157 Å². The van der Waals surface area contributed by atoms with Crippen LogP contribution in [0.15, 0.2) is 35.6 Å². The second-order valence-corrected chi connectivity index (χ2v) is 7.03. The molecule has 3 aromatic rings. The largest absolute Gasteiger partial charge is 0.361 e. The summed E-state index contributed by atoms with van der Waals surface area (Å²) in [6, 6.07) is 0. The van der Waals surface area contributed by atoms with Crippen molar-refractivity contribution in [1.82, 2.24) is 29.6 Å². The van der Waals surface area contributed by atoms with E-state index in [1.165, 1.54) is 0 Å². The maximum absolute atomic E-state index is 12.4. The highest BCUT2D eigenvalue weighted by Crippen LogP contribution is 2.26. The smallest absolute Gasteiger partial charge is 0.242 e. The maximum atomic E-state index is 12.4. The van der Waals surface area contributed by atoms with E-state index in [2.05, 4.69) is 15.1 Å². The van der Waals surface area contributed by atoms with Crippen LogP contribution in [0.3, 0.4) is 0 Å². The second kappa shape index (κ2) is 7.30. The van der Waals surface area contributed by atoms with E-state index in [9.17, 15) is 4.79 Å². The van der Waals surface area contributed by atoms with E-state index < -0.39 is 0 Å². The molecule has 27 heavy (non-hydrogen) atoms. The number of imidazole rings is 1. The Morgan fingerprint density at radius 3 is 2.93 bits per heavy atom. The van der Waals surface area contributed by atoms with Gasteiger partial charge in [-0.05, 0) is 32.6 Å². The number of aryl methyl sites for hydroxylation is 2. The molecular formula is C19H22N6O2. The summed E-state index contributed by atoms with van der Waals surface area (Å²) in [6.07, 6.45) is 10.5. The first-order valence-electron chi connectivity index (χ1n) is 9.08. The van der Waals surface area contributed by atoms with Gasteiger partial charge in [-0.15, -0.1) is 0 Å². The van der Waals surface area contributed by atoms with Crippen molar-refractivity contribution >= 4 is 5.91 Å². The minimum atomic E-state index is 0.131. The van der Waals surface area contributed by atoms with E-state index in [1.807, 2.05) is 18.7 Å². The molecule has 8 heteroatoms. The van der Waals surface area contributed by atoms with Crippen LogP contribution in [0.25, 0.3) is 11.3 Å². The first kappa shape index (κ1) is 17.4. The predicted molar refractivity (Wildman–Crippen MR) is 97.6 cm³/mol. The quantitative estimate of drug-likeness (QED) is 0.686. The topological polar surface area (TPSA) is 89.9 Å². The highest BCUT2D eigenvalue weighted by Gasteiger charge is 2.27. The van der Waals surface area contributed by atoms with Gasteiger partial charge in [-0.25, -0.2) is 9.97 Å². The molecule has 1 amide bonds. The molecule has 1 fully saturated rings. The molecule has 0 bridgehead atoms. The van der Waals surface area contributed by atoms with Gasteiger partial charge in [0, 0.05) is 31.7 Å². The monoisotopic (exact) mass is 366 g/mol. The van der Waals surface area contributed by atoms with Gasteiger partial charge in [0.25, 0.3) is 0 Å². The molecule has 0 spiro atoms. The molecule has 4 rings (SSSR count). The second-order valence-electron chi connectivity index (χ2n) is 7.03. The first-order valence-corrected chi connectivity index (χ1v) is 9.08. The van der Waals surface area contributed by atoms with E-state index in [-0.39, 0.29) is 5.91 Å². The molecule has 0 saturated carbocycles. The van der Waals surface area contributed by atoms with Gasteiger partial charge in [0.15, 0.2) is 0 Å². The van der Waals surface area contributed by atoms with Gasteiger partial charge in [-0.1, -0.05) is 5.16 Å². The summed E-state index contributed by atoms with van der Waals surface area (Å²) in [5.74, 6) is 1.27. The van der Waals surface area contributed by atoms with E-state index in [1.54, 1.807) is 35.7 Å². The maximum Gasteiger partial charge on any atom is 0.242 e. The fourth-order valence-corrected chi connectivity index (χ4v) is 3.63. The number of aromatic nitrogens is 5. The Morgan fingerprint density at radius 1 is 1.30 bits per heavy atom. The highest BCUT2D eigenvalue weighted by molar-refractivity contribution is 5.76. The van der Waals surface area contributed by atoms with E-state index in [0.29, 0.717) is 12.5 Å². The third-order valence-corrected chi connectivity index (χ3v) is 4.99. The summed E-state index contributed by atoms with van der Waals surface area (Å²) in [5, 5.41) is 3.99. The molecule has 3 aromatic heterocycles. The molecule has 1 aliphatic rings. The van der Waals surface area contributed by atoms with Crippen LogP contribution >= 0.6 is 0 Å². The number of likely N-dealkylation sites (tertiary alicyclic amines) is 1.